The van der Waals surface area contributed by atoms with Crippen LogP contribution in [-0.2, 0) is 16.6 Å². The average molecular weight is 448 g/mol. The quantitative estimate of drug-likeness (QED) is 0.499. The number of benzene rings is 1. The SMILES string of the molecule is C=CC(=O)Nc1ccc(-c2c(C3CCN(C(=O)CNC)CC3)c3c(N)ncnc3n2C)cc1. The van der Waals surface area contributed by atoms with Gasteiger partial charge in [0.1, 0.15) is 17.8 Å². The Morgan fingerprint density at radius 1 is 1.21 bits per heavy atom. The molecule has 0 aliphatic carbocycles. The van der Waals surface area contributed by atoms with Crippen molar-refractivity contribution in [3.05, 3.63) is 48.8 Å². The number of nitrogens with two attached hydrogens (primary N) is 1. The molecule has 1 aromatic carbocycles. The van der Waals surface area contributed by atoms with Crippen LogP contribution < -0.4 is 16.4 Å². The van der Waals surface area contributed by atoms with Crippen molar-refractivity contribution in [1.82, 2.24) is 24.8 Å². The van der Waals surface area contributed by atoms with Gasteiger partial charge in [0.2, 0.25) is 11.8 Å². The lowest BCUT2D eigenvalue weighted by Crippen LogP contribution is -2.41. The van der Waals surface area contributed by atoms with Gasteiger partial charge in [0.05, 0.1) is 17.6 Å². The third-order valence-electron chi connectivity index (χ3n) is 6.23. The Kier molecular flexibility index (Phi) is 6.41. The second-order valence-corrected chi connectivity index (χ2v) is 8.23. The van der Waals surface area contributed by atoms with Gasteiger partial charge < -0.3 is 25.8 Å². The molecule has 4 N–H and O–H groups in total. The summed E-state index contributed by atoms with van der Waals surface area (Å²) in [4.78, 5) is 34.6. The second kappa shape index (κ2) is 9.41. The van der Waals surface area contributed by atoms with Gasteiger partial charge in [-0.3, -0.25) is 9.59 Å². The predicted octanol–water partition coefficient (Wildman–Crippen LogP) is 2.27. The summed E-state index contributed by atoms with van der Waals surface area (Å²) in [5.41, 5.74) is 11.0. The lowest BCUT2D eigenvalue weighted by atomic mass is 9.86. The molecular weight excluding hydrogens is 418 g/mol. The van der Waals surface area contributed by atoms with Crippen molar-refractivity contribution in [2.24, 2.45) is 7.05 Å². The Hall–Kier alpha value is -3.72. The number of likely N-dealkylation sites (N-methyl/N-ethyl adjacent to an activating group) is 1. The van der Waals surface area contributed by atoms with Crippen LogP contribution in [0.25, 0.3) is 22.3 Å². The molecule has 0 spiro atoms. The van der Waals surface area contributed by atoms with Crippen LogP contribution >= 0.6 is 0 Å². The number of nitrogens with one attached hydrogen (secondary N) is 2. The van der Waals surface area contributed by atoms with Crippen LogP contribution in [-0.4, -0.2) is 57.9 Å². The molecule has 1 aliphatic rings. The second-order valence-electron chi connectivity index (χ2n) is 8.23. The van der Waals surface area contributed by atoms with Gasteiger partial charge in [-0.15, -0.1) is 0 Å². The van der Waals surface area contributed by atoms with Gasteiger partial charge in [0.25, 0.3) is 0 Å². The molecule has 9 heteroatoms. The minimum absolute atomic E-state index is 0.120. The minimum atomic E-state index is -0.254. The third-order valence-corrected chi connectivity index (χ3v) is 6.23. The highest BCUT2D eigenvalue weighted by molar-refractivity contribution is 5.99. The number of aromatic nitrogens is 3. The Balaban J connectivity index is 1.74. The molecule has 0 radical (unpaired) electrons. The lowest BCUT2D eigenvalue weighted by molar-refractivity contribution is -0.131. The molecule has 1 aliphatic heterocycles. The maximum atomic E-state index is 12.3. The van der Waals surface area contributed by atoms with E-state index in [1.165, 1.54) is 12.4 Å². The molecule has 1 fully saturated rings. The van der Waals surface area contributed by atoms with Crippen LogP contribution in [0.15, 0.2) is 43.2 Å². The van der Waals surface area contributed by atoms with E-state index < -0.39 is 0 Å². The Labute approximate surface area is 192 Å². The van der Waals surface area contributed by atoms with E-state index in [1.807, 2.05) is 36.2 Å². The van der Waals surface area contributed by atoms with E-state index in [2.05, 4.69) is 31.7 Å². The van der Waals surface area contributed by atoms with Gasteiger partial charge in [0.15, 0.2) is 0 Å². The molecule has 3 aromatic rings. The predicted molar refractivity (Wildman–Crippen MR) is 130 cm³/mol. The first-order chi connectivity index (χ1) is 15.9. The number of carbonyl (C=O) groups excluding carboxylic acids is 2. The van der Waals surface area contributed by atoms with Crippen LogP contribution in [0.3, 0.4) is 0 Å². The standard InChI is InChI=1S/C24H29N7O2/c1-4-18(32)29-17-7-5-16(6-8-17)22-20(21-23(25)27-14-28-24(21)30(22)3)15-9-11-31(12-10-15)19(33)13-26-2/h4-8,14-15,26H,1,9-13H2,2-3H3,(H,29,32)(H2,25,27,28). The normalized spacial score (nSPS) is 14.4. The maximum Gasteiger partial charge on any atom is 0.247 e. The topological polar surface area (TPSA) is 118 Å². The van der Waals surface area contributed by atoms with Gasteiger partial charge in [-0.1, -0.05) is 18.7 Å². The number of carbonyl (C=O) groups is 2. The fourth-order valence-corrected chi connectivity index (χ4v) is 4.64. The van der Waals surface area contributed by atoms with Gasteiger partial charge in [0, 0.05) is 25.8 Å². The summed E-state index contributed by atoms with van der Waals surface area (Å²) in [7, 11) is 3.76. The smallest absolute Gasteiger partial charge is 0.247 e. The summed E-state index contributed by atoms with van der Waals surface area (Å²) < 4.78 is 2.05. The highest BCUT2D eigenvalue weighted by Crippen LogP contribution is 2.42. The largest absolute Gasteiger partial charge is 0.383 e. The number of hydrogen-bond donors (Lipinski definition) is 3. The molecule has 0 unspecified atom stereocenters. The molecule has 4 rings (SSSR count). The van der Waals surface area contributed by atoms with Crippen molar-refractivity contribution in [3.63, 3.8) is 0 Å². The number of rotatable bonds is 6. The molecule has 3 heterocycles. The zero-order valence-electron chi connectivity index (χ0n) is 19.0. The monoisotopic (exact) mass is 447 g/mol. The molecule has 0 saturated carbocycles. The maximum absolute atomic E-state index is 12.3. The summed E-state index contributed by atoms with van der Waals surface area (Å²) in [5.74, 6) is 0.543. The van der Waals surface area contributed by atoms with Crippen LogP contribution in [0, 0.1) is 0 Å². The first kappa shape index (κ1) is 22.5. The van der Waals surface area contributed by atoms with E-state index in [1.54, 1.807) is 7.05 Å². The zero-order valence-corrected chi connectivity index (χ0v) is 19.0. The van der Waals surface area contributed by atoms with Crippen molar-refractivity contribution in [2.75, 3.05) is 37.7 Å². The summed E-state index contributed by atoms with van der Waals surface area (Å²) in [5, 5.41) is 6.58. The van der Waals surface area contributed by atoms with Gasteiger partial charge in [-0.25, -0.2) is 9.97 Å². The van der Waals surface area contributed by atoms with Crippen LogP contribution in [0.5, 0.6) is 0 Å². The number of likely N-dealkylation sites (tertiary alicyclic amines) is 1. The third kappa shape index (κ3) is 4.31. The summed E-state index contributed by atoms with van der Waals surface area (Å²) >= 11 is 0. The van der Waals surface area contributed by atoms with E-state index in [-0.39, 0.29) is 17.7 Å². The number of piperidine rings is 1. The molecule has 2 aromatic heterocycles. The van der Waals surface area contributed by atoms with E-state index >= 15 is 0 Å². The van der Waals surface area contributed by atoms with E-state index in [0.29, 0.717) is 31.1 Å². The molecule has 172 valence electrons. The average Bonchev–Trinajstić information content (AvgIpc) is 3.13. The van der Waals surface area contributed by atoms with Crippen LogP contribution in [0.4, 0.5) is 11.5 Å². The molecule has 9 nitrogen and oxygen atoms in total. The van der Waals surface area contributed by atoms with Crippen LogP contribution in [0.2, 0.25) is 0 Å². The van der Waals surface area contributed by atoms with Crippen molar-refractivity contribution < 1.29 is 9.59 Å². The Morgan fingerprint density at radius 2 is 1.91 bits per heavy atom. The van der Waals surface area contributed by atoms with Crippen molar-refractivity contribution >= 4 is 34.4 Å². The minimum Gasteiger partial charge on any atom is -0.383 e. The van der Waals surface area contributed by atoms with Gasteiger partial charge >= 0.3 is 0 Å². The number of fused-ring (bicyclic) bond motifs is 1. The van der Waals surface area contributed by atoms with Crippen molar-refractivity contribution in [1.29, 1.82) is 0 Å². The number of hydrogen-bond acceptors (Lipinski definition) is 6. The molecule has 0 bridgehead atoms. The first-order valence-electron chi connectivity index (χ1n) is 11.0. The van der Waals surface area contributed by atoms with E-state index in [4.69, 9.17) is 5.73 Å². The number of nitrogens with zero attached hydrogens (tertiary/aromatic N) is 4. The fraction of sp³-hybridized carbons (Fsp3) is 0.333. The molecule has 0 atom stereocenters. The van der Waals surface area contributed by atoms with Gasteiger partial charge in [-0.05, 0) is 55.1 Å². The first-order valence-corrected chi connectivity index (χ1v) is 11.0. The molecule has 1 saturated heterocycles. The number of anilines is 2. The Bertz CT molecular complexity index is 1190. The van der Waals surface area contributed by atoms with Crippen molar-refractivity contribution in [3.8, 4) is 11.3 Å². The zero-order chi connectivity index (χ0) is 23.5. The highest BCUT2D eigenvalue weighted by Gasteiger charge is 2.30. The molecule has 2 amide bonds. The number of amides is 2. The van der Waals surface area contributed by atoms with Crippen molar-refractivity contribution in [2.45, 2.75) is 18.8 Å². The number of aryl methyl sites for hydroxylation is 1. The molecule has 33 heavy (non-hydrogen) atoms. The fourth-order valence-electron chi connectivity index (χ4n) is 4.64. The molecular formula is C24H29N7O2. The lowest BCUT2D eigenvalue weighted by Gasteiger charge is -2.32. The van der Waals surface area contributed by atoms with Gasteiger partial charge in [-0.2, -0.15) is 0 Å². The Morgan fingerprint density at radius 3 is 2.55 bits per heavy atom. The van der Waals surface area contributed by atoms with Crippen LogP contribution in [0.1, 0.15) is 24.3 Å². The van der Waals surface area contributed by atoms with E-state index in [9.17, 15) is 9.59 Å². The summed E-state index contributed by atoms with van der Waals surface area (Å²) in [6.07, 6.45) is 4.40. The number of nitrogen functional groups attached to an aromatic ring is 1. The van der Waals surface area contributed by atoms with E-state index in [0.717, 1.165) is 40.7 Å². The summed E-state index contributed by atoms with van der Waals surface area (Å²) in [6, 6.07) is 7.69. The summed E-state index contributed by atoms with van der Waals surface area (Å²) in [6.45, 7) is 5.23. The highest BCUT2D eigenvalue weighted by atomic mass is 16.2.